The molecule has 0 bridgehead atoms. The first-order valence-corrected chi connectivity index (χ1v) is 11.1. The highest BCUT2D eigenvalue weighted by Crippen LogP contribution is 2.42. The number of aromatic nitrogens is 3. The van der Waals surface area contributed by atoms with Gasteiger partial charge in [0.1, 0.15) is 30.4 Å². The van der Waals surface area contributed by atoms with E-state index in [-0.39, 0.29) is 19.3 Å². The molecule has 4 rings (SSSR count). The normalized spacial score (nSPS) is 14.6. The van der Waals surface area contributed by atoms with Gasteiger partial charge in [0.15, 0.2) is 0 Å². The van der Waals surface area contributed by atoms with Gasteiger partial charge in [-0.2, -0.15) is 0 Å². The van der Waals surface area contributed by atoms with Crippen molar-refractivity contribution in [3.05, 3.63) is 53.7 Å². The summed E-state index contributed by atoms with van der Waals surface area (Å²) in [5.41, 5.74) is 2.76. The van der Waals surface area contributed by atoms with Crippen LogP contribution >= 0.6 is 0 Å². The van der Waals surface area contributed by atoms with Crippen molar-refractivity contribution >= 4 is 5.97 Å². The van der Waals surface area contributed by atoms with E-state index in [0.717, 1.165) is 30.4 Å². The number of pyridine rings is 1. The third-order valence-corrected chi connectivity index (χ3v) is 6.17. The monoisotopic (exact) mass is 453 g/mol. The number of carbonyl (C=O) groups excluding carboxylic acids is 1. The van der Waals surface area contributed by atoms with Gasteiger partial charge in [-0.3, -0.25) is 4.79 Å². The van der Waals surface area contributed by atoms with Crippen LogP contribution in [0.4, 0.5) is 4.39 Å². The van der Waals surface area contributed by atoms with Crippen molar-refractivity contribution in [3.8, 4) is 28.4 Å². The molecule has 3 aromatic rings. The Bertz CT molecular complexity index is 1170. The fourth-order valence-corrected chi connectivity index (χ4v) is 4.15. The maximum atomic E-state index is 15.0. The fourth-order valence-electron chi connectivity index (χ4n) is 4.15. The van der Waals surface area contributed by atoms with Gasteiger partial charge in [0, 0.05) is 24.0 Å². The van der Waals surface area contributed by atoms with Gasteiger partial charge < -0.3 is 19.1 Å². The first-order valence-electron chi connectivity index (χ1n) is 11.1. The van der Waals surface area contributed by atoms with Gasteiger partial charge in [-0.25, -0.2) is 14.4 Å². The van der Waals surface area contributed by atoms with Crippen molar-refractivity contribution in [2.45, 2.75) is 46.8 Å². The fraction of sp³-hybridized carbons (Fsp3) is 0.400. The molecule has 1 aliphatic carbocycles. The second kappa shape index (κ2) is 9.31. The van der Waals surface area contributed by atoms with Gasteiger partial charge in [-0.1, -0.05) is 12.5 Å². The zero-order valence-electron chi connectivity index (χ0n) is 19.1. The minimum Gasteiger partial charge on any atom is -0.476 e. The Labute approximate surface area is 192 Å². The van der Waals surface area contributed by atoms with Crippen molar-refractivity contribution in [1.82, 2.24) is 14.5 Å². The highest BCUT2D eigenvalue weighted by Gasteiger charge is 2.46. The van der Waals surface area contributed by atoms with Gasteiger partial charge in [-0.15, -0.1) is 0 Å². The molecule has 0 unspecified atom stereocenters. The molecule has 2 aromatic heterocycles. The lowest BCUT2D eigenvalue weighted by Crippen LogP contribution is -2.44. The summed E-state index contributed by atoms with van der Waals surface area (Å²) in [6, 6.07) is 6.69. The molecule has 0 radical (unpaired) electrons. The molecule has 0 saturated heterocycles. The van der Waals surface area contributed by atoms with E-state index in [0.29, 0.717) is 35.1 Å². The molecule has 33 heavy (non-hydrogen) atoms. The summed E-state index contributed by atoms with van der Waals surface area (Å²) in [7, 11) is 0. The highest BCUT2D eigenvalue weighted by atomic mass is 19.1. The number of aryl methyl sites for hydroxylation is 2. The van der Waals surface area contributed by atoms with Crippen molar-refractivity contribution in [2.75, 3.05) is 13.2 Å². The molecule has 8 heteroatoms. The van der Waals surface area contributed by atoms with Crippen molar-refractivity contribution in [1.29, 1.82) is 0 Å². The largest absolute Gasteiger partial charge is 0.476 e. The molecule has 0 spiro atoms. The maximum Gasteiger partial charge on any atom is 0.315 e. The number of hydrogen-bond donors (Lipinski definition) is 1. The van der Waals surface area contributed by atoms with Crippen LogP contribution in [0.5, 0.6) is 5.88 Å². The Morgan fingerprint density at radius 2 is 2.03 bits per heavy atom. The van der Waals surface area contributed by atoms with Gasteiger partial charge in [0.2, 0.25) is 5.88 Å². The lowest BCUT2D eigenvalue weighted by atomic mass is 9.69. The zero-order valence-corrected chi connectivity index (χ0v) is 19.1. The Hall–Kier alpha value is -3.26. The molecule has 1 aliphatic rings. The Kier molecular flexibility index (Phi) is 6.47. The SMILES string of the molecule is CCOC(=O)C1(COc2cc(C)c(-c3ccc(-c4nc(C)cn4CO)c(F)c3)cn2)CCC1. The van der Waals surface area contributed by atoms with Crippen molar-refractivity contribution in [3.63, 3.8) is 0 Å². The van der Waals surface area contributed by atoms with Crippen LogP contribution in [0.3, 0.4) is 0 Å². The number of rotatable bonds is 8. The number of hydrogen-bond acceptors (Lipinski definition) is 6. The number of aliphatic hydroxyl groups excluding tert-OH is 1. The average Bonchev–Trinajstić information content (AvgIpc) is 3.13. The van der Waals surface area contributed by atoms with Gasteiger partial charge in [0.05, 0.1) is 17.9 Å². The number of ether oxygens (including phenoxy) is 2. The molecule has 0 aliphatic heterocycles. The van der Waals surface area contributed by atoms with Crippen LogP contribution in [0.25, 0.3) is 22.5 Å². The minimum atomic E-state index is -0.581. The number of halogens is 1. The second-order valence-corrected chi connectivity index (χ2v) is 8.49. The molecule has 174 valence electrons. The highest BCUT2D eigenvalue weighted by molar-refractivity contribution is 5.78. The third kappa shape index (κ3) is 4.48. The molecule has 0 amide bonds. The van der Waals surface area contributed by atoms with E-state index >= 15 is 0 Å². The van der Waals surface area contributed by atoms with E-state index in [2.05, 4.69) is 9.97 Å². The number of nitrogens with zero attached hydrogens (tertiary/aromatic N) is 3. The van der Waals surface area contributed by atoms with E-state index in [1.54, 1.807) is 44.4 Å². The van der Waals surface area contributed by atoms with E-state index in [9.17, 15) is 14.3 Å². The van der Waals surface area contributed by atoms with E-state index in [1.807, 2.05) is 6.92 Å². The molecule has 0 atom stereocenters. The molecule has 2 heterocycles. The number of imidazole rings is 1. The number of carbonyl (C=O) groups is 1. The summed E-state index contributed by atoms with van der Waals surface area (Å²) >= 11 is 0. The van der Waals surface area contributed by atoms with Crippen molar-refractivity contribution < 1.29 is 23.8 Å². The van der Waals surface area contributed by atoms with Crippen LogP contribution in [-0.2, 0) is 16.3 Å². The van der Waals surface area contributed by atoms with Crippen LogP contribution in [0.1, 0.15) is 37.4 Å². The Morgan fingerprint density at radius 3 is 2.64 bits per heavy atom. The maximum absolute atomic E-state index is 15.0. The van der Waals surface area contributed by atoms with Crippen LogP contribution in [0.15, 0.2) is 36.7 Å². The number of esters is 1. The van der Waals surface area contributed by atoms with E-state index in [4.69, 9.17) is 9.47 Å². The summed E-state index contributed by atoms with van der Waals surface area (Å²) in [6.45, 7) is 5.80. The second-order valence-electron chi connectivity index (χ2n) is 8.49. The topological polar surface area (TPSA) is 86.5 Å². The Balaban J connectivity index is 1.52. The predicted octanol–water partition coefficient (Wildman–Crippen LogP) is 4.43. The zero-order chi connectivity index (χ0) is 23.6. The Morgan fingerprint density at radius 1 is 1.24 bits per heavy atom. The molecular weight excluding hydrogens is 425 g/mol. The van der Waals surface area contributed by atoms with Gasteiger partial charge >= 0.3 is 5.97 Å². The molecule has 1 aromatic carbocycles. The minimum absolute atomic E-state index is 0.211. The average molecular weight is 454 g/mol. The quantitative estimate of drug-likeness (QED) is 0.508. The summed E-state index contributed by atoms with van der Waals surface area (Å²) in [5, 5.41) is 9.50. The lowest BCUT2D eigenvalue weighted by molar-refractivity contribution is -0.163. The van der Waals surface area contributed by atoms with E-state index < -0.39 is 11.2 Å². The smallest absolute Gasteiger partial charge is 0.315 e. The summed E-state index contributed by atoms with van der Waals surface area (Å²) in [4.78, 5) is 21.0. The molecule has 1 saturated carbocycles. The molecule has 1 N–H and O–H groups in total. The summed E-state index contributed by atoms with van der Waals surface area (Å²) in [5.74, 6) is 0.152. The third-order valence-electron chi connectivity index (χ3n) is 6.17. The van der Waals surface area contributed by atoms with Crippen LogP contribution < -0.4 is 4.74 Å². The standard InChI is InChI=1S/C25H28FN3O4/c1-4-32-24(31)25(8-5-9-25)14-33-22-10-16(2)20(12-27-22)18-6-7-19(21(26)11-18)23-28-17(3)13-29(23)15-30/h6-7,10-13,30H,4-5,8-9,14-15H2,1-3H3. The van der Waals surface area contributed by atoms with Crippen molar-refractivity contribution in [2.24, 2.45) is 5.41 Å². The first kappa shape index (κ1) is 22.9. The van der Waals surface area contributed by atoms with Crippen LogP contribution in [-0.4, -0.2) is 38.8 Å². The summed E-state index contributed by atoms with van der Waals surface area (Å²) < 4.78 is 27.5. The molecule has 1 fully saturated rings. The lowest BCUT2D eigenvalue weighted by Gasteiger charge is -2.38. The first-order chi connectivity index (χ1) is 15.9. The predicted molar refractivity (Wildman–Crippen MR) is 121 cm³/mol. The summed E-state index contributed by atoms with van der Waals surface area (Å²) in [6.07, 6.45) is 5.80. The van der Waals surface area contributed by atoms with E-state index in [1.165, 1.54) is 10.6 Å². The van der Waals surface area contributed by atoms with Crippen LogP contribution in [0.2, 0.25) is 0 Å². The van der Waals surface area contributed by atoms with Gasteiger partial charge in [0.25, 0.3) is 0 Å². The van der Waals surface area contributed by atoms with Gasteiger partial charge in [-0.05, 0) is 56.9 Å². The molecule has 7 nitrogen and oxygen atoms in total. The number of benzene rings is 1. The van der Waals surface area contributed by atoms with Crippen LogP contribution in [0, 0.1) is 25.1 Å². The number of aliphatic hydroxyl groups is 1. The molecular formula is C25H28FN3O4.